The number of anilines is 1. The van der Waals surface area contributed by atoms with Crippen molar-refractivity contribution in [2.45, 2.75) is 32.2 Å². The molecule has 1 aromatic rings. The molecule has 13 heteroatoms. The molecular formula is C16H20ClN5O6S. The minimum Gasteiger partial charge on any atom is -0.464 e. The number of β-lactam (4-membered cyclic amide) rings is 1. The van der Waals surface area contributed by atoms with E-state index in [1.54, 1.807) is 0 Å². The minimum absolute atomic E-state index is 0.0622. The maximum atomic E-state index is 12.6. The van der Waals surface area contributed by atoms with Crippen molar-refractivity contribution in [2.75, 3.05) is 24.9 Å². The fourth-order valence-corrected chi connectivity index (χ4v) is 2.99. The number of ether oxygens (including phenoxy) is 1. The van der Waals surface area contributed by atoms with Crippen LogP contribution in [0, 0.1) is 0 Å². The third-order valence-electron chi connectivity index (χ3n) is 3.70. The summed E-state index contributed by atoms with van der Waals surface area (Å²) in [5.41, 5.74) is 2.18. The van der Waals surface area contributed by atoms with Crippen LogP contribution < -0.4 is 10.7 Å². The van der Waals surface area contributed by atoms with E-state index in [1.807, 2.05) is 6.92 Å². The Labute approximate surface area is 175 Å². The van der Waals surface area contributed by atoms with Crippen molar-refractivity contribution in [3.63, 3.8) is 0 Å². The molecular weight excluding hydrogens is 426 g/mol. The number of hydrazine groups is 1. The molecule has 0 saturated carbocycles. The van der Waals surface area contributed by atoms with Crippen LogP contribution in [0.5, 0.6) is 0 Å². The standard InChI is InChI=1S/C16H20ClN5O6S/c1-3-4-5-28-15(26)10-6-12(24)22(10)20-14(25)13(21-27-2)9-8-29-16(18-9)19-11(23)7-17/h8,10H,3-7H2,1-2H3,(H,20,25)(H,18,19,23). The summed E-state index contributed by atoms with van der Waals surface area (Å²) in [6.45, 7) is 2.20. The van der Waals surface area contributed by atoms with E-state index < -0.39 is 29.7 Å². The highest BCUT2D eigenvalue weighted by molar-refractivity contribution is 7.14. The Morgan fingerprint density at radius 3 is 2.83 bits per heavy atom. The summed E-state index contributed by atoms with van der Waals surface area (Å²) in [5.74, 6) is -2.56. The van der Waals surface area contributed by atoms with Crippen molar-refractivity contribution >= 4 is 57.5 Å². The Kier molecular flexibility index (Phi) is 8.34. The monoisotopic (exact) mass is 445 g/mol. The molecule has 1 fully saturated rings. The molecule has 29 heavy (non-hydrogen) atoms. The Hall–Kier alpha value is -2.73. The third kappa shape index (κ3) is 5.87. The number of esters is 1. The highest BCUT2D eigenvalue weighted by atomic mass is 35.5. The average Bonchev–Trinajstić information content (AvgIpc) is 3.15. The molecule has 1 aromatic heterocycles. The van der Waals surface area contributed by atoms with Crippen molar-refractivity contribution in [3.05, 3.63) is 11.1 Å². The normalized spacial score (nSPS) is 16.1. The van der Waals surface area contributed by atoms with Crippen LogP contribution in [-0.4, -0.2) is 65.0 Å². The number of nitrogens with zero attached hydrogens (tertiary/aromatic N) is 3. The number of hydrogen-bond acceptors (Lipinski definition) is 9. The van der Waals surface area contributed by atoms with E-state index in [-0.39, 0.29) is 35.4 Å². The zero-order valence-corrected chi connectivity index (χ0v) is 17.3. The molecule has 2 N–H and O–H groups in total. The van der Waals surface area contributed by atoms with Gasteiger partial charge in [-0.2, -0.15) is 0 Å². The second-order valence-electron chi connectivity index (χ2n) is 5.79. The smallest absolute Gasteiger partial charge is 0.331 e. The molecule has 11 nitrogen and oxygen atoms in total. The number of halogens is 1. The Morgan fingerprint density at radius 2 is 2.21 bits per heavy atom. The topological polar surface area (TPSA) is 139 Å². The molecule has 2 heterocycles. The number of unbranched alkanes of at least 4 members (excludes halogenated alkanes) is 1. The molecule has 1 saturated heterocycles. The van der Waals surface area contributed by atoms with Crippen molar-refractivity contribution in [1.82, 2.24) is 15.4 Å². The molecule has 1 aliphatic rings. The van der Waals surface area contributed by atoms with Crippen LogP contribution >= 0.6 is 22.9 Å². The molecule has 158 valence electrons. The predicted molar refractivity (Wildman–Crippen MR) is 104 cm³/mol. The predicted octanol–water partition coefficient (Wildman–Crippen LogP) is 0.646. The van der Waals surface area contributed by atoms with E-state index in [4.69, 9.17) is 16.3 Å². The first-order valence-electron chi connectivity index (χ1n) is 8.63. The van der Waals surface area contributed by atoms with Gasteiger partial charge in [0, 0.05) is 5.38 Å². The quantitative estimate of drug-likeness (QED) is 0.134. The summed E-state index contributed by atoms with van der Waals surface area (Å²) < 4.78 is 5.09. The number of nitrogens with one attached hydrogen (secondary N) is 2. The van der Waals surface area contributed by atoms with Crippen LogP contribution in [0.3, 0.4) is 0 Å². The van der Waals surface area contributed by atoms with Gasteiger partial charge in [-0.15, -0.1) is 22.9 Å². The second-order valence-corrected chi connectivity index (χ2v) is 6.91. The lowest BCUT2D eigenvalue weighted by Crippen LogP contribution is -2.65. The van der Waals surface area contributed by atoms with E-state index in [0.29, 0.717) is 6.42 Å². The lowest BCUT2D eigenvalue weighted by atomic mass is 10.1. The van der Waals surface area contributed by atoms with Crippen LogP contribution in [0.4, 0.5) is 5.13 Å². The Bertz CT molecular complexity index is 813. The van der Waals surface area contributed by atoms with Gasteiger partial charge < -0.3 is 14.9 Å². The van der Waals surface area contributed by atoms with E-state index >= 15 is 0 Å². The fraction of sp³-hybridized carbons (Fsp3) is 0.500. The maximum Gasteiger partial charge on any atom is 0.331 e. The van der Waals surface area contributed by atoms with Gasteiger partial charge in [-0.25, -0.2) is 14.8 Å². The van der Waals surface area contributed by atoms with Crippen LogP contribution in [0.15, 0.2) is 10.5 Å². The summed E-state index contributed by atoms with van der Waals surface area (Å²) in [6.07, 6.45) is 1.50. The van der Waals surface area contributed by atoms with E-state index in [1.165, 1.54) is 12.5 Å². The number of carbonyl (C=O) groups excluding carboxylic acids is 4. The van der Waals surface area contributed by atoms with Crippen molar-refractivity contribution < 1.29 is 28.8 Å². The van der Waals surface area contributed by atoms with Gasteiger partial charge in [-0.3, -0.25) is 19.8 Å². The summed E-state index contributed by atoms with van der Waals surface area (Å²) >= 11 is 6.47. The Morgan fingerprint density at radius 1 is 1.45 bits per heavy atom. The van der Waals surface area contributed by atoms with Gasteiger partial charge in [0.05, 0.1) is 13.0 Å². The number of alkyl halides is 1. The number of amides is 3. The van der Waals surface area contributed by atoms with Crippen molar-refractivity contribution in [2.24, 2.45) is 5.16 Å². The summed E-state index contributed by atoms with van der Waals surface area (Å²) in [4.78, 5) is 56.6. The van der Waals surface area contributed by atoms with Gasteiger partial charge in [-0.1, -0.05) is 18.5 Å². The third-order valence-corrected chi connectivity index (χ3v) is 4.70. The summed E-state index contributed by atoms with van der Waals surface area (Å²) in [5, 5.41) is 8.65. The van der Waals surface area contributed by atoms with E-state index in [2.05, 4.69) is 25.7 Å². The number of rotatable bonds is 10. The molecule has 0 radical (unpaired) electrons. The van der Waals surface area contributed by atoms with Crippen molar-refractivity contribution in [3.8, 4) is 0 Å². The molecule has 3 amide bonds. The van der Waals surface area contributed by atoms with Gasteiger partial charge in [0.15, 0.2) is 16.9 Å². The lowest BCUT2D eigenvalue weighted by molar-refractivity contribution is -0.171. The van der Waals surface area contributed by atoms with E-state index in [9.17, 15) is 19.2 Å². The van der Waals surface area contributed by atoms with Crippen LogP contribution in [0.25, 0.3) is 0 Å². The first-order chi connectivity index (χ1) is 13.9. The molecule has 1 unspecified atom stereocenters. The zero-order chi connectivity index (χ0) is 21.4. The average molecular weight is 446 g/mol. The van der Waals surface area contributed by atoms with Gasteiger partial charge >= 0.3 is 5.97 Å². The SMILES string of the molecule is CCCCOC(=O)C1CC(=O)N1NC(=O)C(=NOC)c1csc(NC(=O)CCl)n1. The highest BCUT2D eigenvalue weighted by Gasteiger charge is 2.44. The molecule has 0 aliphatic carbocycles. The first-order valence-corrected chi connectivity index (χ1v) is 10.0. The number of aromatic nitrogens is 1. The number of oxime groups is 1. The van der Waals surface area contributed by atoms with Crippen LogP contribution in [0.2, 0.25) is 0 Å². The highest BCUT2D eigenvalue weighted by Crippen LogP contribution is 2.20. The number of thiazole rings is 1. The zero-order valence-electron chi connectivity index (χ0n) is 15.8. The van der Waals surface area contributed by atoms with Gasteiger partial charge in [0.25, 0.3) is 5.91 Å². The molecule has 0 spiro atoms. The van der Waals surface area contributed by atoms with Crippen molar-refractivity contribution in [1.29, 1.82) is 0 Å². The second kappa shape index (κ2) is 10.7. The number of carbonyl (C=O) groups is 4. The molecule has 1 aliphatic heterocycles. The first kappa shape index (κ1) is 22.6. The molecule has 0 aromatic carbocycles. The Balaban J connectivity index is 2.05. The van der Waals surface area contributed by atoms with Gasteiger partial charge in [-0.05, 0) is 6.42 Å². The fourth-order valence-electron chi connectivity index (χ4n) is 2.21. The summed E-state index contributed by atoms with van der Waals surface area (Å²) in [6, 6.07) is -0.902. The minimum atomic E-state index is -0.902. The lowest BCUT2D eigenvalue weighted by Gasteiger charge is -2.37. The molecule has 1 atom stereocenters. The van der Waals surface area contributed by atoms with Crippen LogP contribution in [-0.2, 0) is 28.8 Å². The molecule has 2 rings (SSSR count). The summed E-state index contributed by atoms with van der Waals surface area (Å²) in [7, 11) is 1.23. The van der Waals surface area contributed by atoms with Crippen LogP contribution in [0.1, 0.15) is 31.9 Å². The molecule has 0 bridgehead atoms. The maximum absolute atomic E-state index is 12.6. The van der Waals surface area contributed by atoms with Gasteiger partial charge in [0.1, 0.15) is 18.7 Å². The van der Waals surface area contributed by atoms with E-state index in [0.717, 1.165) is 22.8 Å². The largest absolute Gasteiger partial charge is 0.464 e. The number of hydrogen-bond donors (Lipinski definition) is 2. The van der Waals surface area contributed by atoms with Gasteiger partial charge in [0.2, 0.25) is 11.8 Å².